The zero-order valence-electron chi connectivity index (χ0n) is 15.1. The monoisotopic (exact) mass is 408 g/mol. The van der Waals surface area contributed by atoms with E-state index in [0.29, 0.717) is 11.1 Å². The van der Waals surface area contributed by atoms with E-state index in [-0.39, 0.29) is 23.6 Å². The predicted molar refractivity (Wildman–Crippen MR) is 95.6 cm³/mol. The second kappa shape index (κ2) is 8.04. The van der Waals surface area contributed by atoms with Crippen LogP contribution < -0.4 is 5.32 Å². The van der Waals surface area contributed by atoms with Gasteiger partial charge in [0.05, 0.1) is 11.6 Å². The second-order valence-corrected chi connectivity index (χ2v) is 6.38. The van der Waals surface area contributed by atoms with Crippen LogP contribution in [0.4, 0.5) is 17.6 Å². The summed E-state index contributed by atoms with van der Waals surface area (Å²) >= 11 is 0. The van der Waals surface area contributed by atoms with E-state index in [1.54, 1.807) is 6.92 Å². The van der Waals surface area contributed by atoms with Gasteiger partial charge >= 0.3 is 12.1 Å². The molecule has 0 aliphatic carbocycles. The molecule has 2 aromatic carbocycles. The Morgan fingerprint density at radius 3 is 2.31 bits per heavy atom. The van der Waals surface area contributed by atoms with Gasteiger partial charge < -0.3 is 14.9 Å². The zero-order chi connectivity index (χ0) is 21.2. The first-order valence-electron chi connectivity index (χ1n) is 8.55. The molecule has 152 valence electrons. The molecule has 0 amide bonds. The van der Waals surface area contributed by atoms with Crippen LogP contribution in [0.2, 0.25) is 0 Å². The number of hydrogen-bond acceptors (Lipinski definition) is 4. The summed E-state index contributed by atoms with van der Waals surface area (Å²) < 4.78 is 56.2. The Morgan fingerprint density at radius 2 is 1.76 bits per heavy atom. The number of hydrogen-bond donors (Lipinski definition) is 2. The molecule has 1 heterocycles. The molecule has 0 spiro atoms. The number of halogens is 4. The molecule has 1 unspecified atom stereocenters. The van der Waals surface area contributed by atoms with Crippen LogP contribution in [0.3, 0.4) is 0 Å². The number of benzene rings is 2. The molecule has 5 nitrogen and oxygen atoms in total. The van der Waals surface area contributed by atoms with Crippen molar-refractivity contribution >= 4 is 5.97 Å². The summed E-state index contributed by atoms with van der Waals surface area (Å²) in [5, 5.41) is 16.4. The highest BCUT2D eigenvalue weighted by atomic mass is 19.4. The third-order valence-corrected chi connectivity index (χ3v) is 4.34. The summed E-state index contributed by atoms with van der Waals surface area (Å²) in [6.45, 7) is 1.83. The number of carboxylic acids is 1. The van der Waals surface area contributed by atoms with Crippen LogP contribution in [-0.4, -0.2) is 16.2 Å². The topological polar surface area (TPSA) is 75.4 Å². The third-order valence-electron chi connectivity index (χ3n) is 4.34. The van der Waals surface area contributed by atoms with Gasteiger partial charge in [-0.15, -0.1) is 0 Å². The minimum absolute atomic E-state index is 0.0590. The quantitative estimate of drug-likeness (QED) is 0.559. The van der Waals surface area contributed by atoms with Gasteiger partial charge in [0.1, 0.15) is 17.1 Å². The lowest BCUT2D eigenvalue weighted by Crippen LogP contribution is -2.20. The van der Waals surface area contributed by atoms with E-state index in [1.165, 1.54) is 36.4 Å². The van der Waals surface area contributed by atoms with Crippen molar-refractivity contribution < 1.29 is 32.0 Å². The first-order valence-corrected chi connectivity index (χ1v) is 8.55. The molecule has 9 heteroatoms. The molecule has 0 saturated carbocycles. The van der Waals surface area contributed by atoms with Crippen LogP contribution >= 0.6 is 0 Å². The number of rotatable bonds is 6. The van der Waals surface area contributed by atoms with Crippen molar-refractivity contribution in [3.63, 3.8) is 0 Å². The molecule has 0 aliphatic rings. The van der Waals surface area contributed by atoms with Gasteiger partial charge in [-0.25, -0.2) is 9.18 Å². The van der Waals surface area contributed by atoms with E-state index < -0.39 is 29.6 Å². The smallest absolute Gasteiger partial charge is 0.416 e. The molecule has 0 aliphatic heterocycles. The maximum Gasteiger partial charge on any atom is 0.416 e. The minimum Gasteiger partial charge on any atom is -0.477 e. The SMILES string of the molecule is CC(NCc1ccc(C(F)(F)F)cc1)c1onc(-c2ccc(F)cc2)c1C(=O)O. The molecule has 3 rings (SSSR count). The maximum absolute atomic E-state index is 13.1. The predicted octanol–water partition coefficient (Wildman–Crippen LogP) is 5.05. The fourth-order valence-electron chi connectivity index (χ4n) is 2.79. The number of nitrogens with zero attached hydrogens (tertiary/aromatic N) is 1. The van der Waals surface area contributed by atoms with E-state index in [4.69, 9.17) is 4.52 Å². The van der Waals surface area contributed by atoms with Gasteiger partial charge in [-0.3, -0.25) is 0 Å². The summed E-state index contributed by atoms with van der Waals surface area (Å²) in [4.78, 5) is 11.7. The number of aromatic carboxylic acids is 1. The summed E-state index contributed by atoms with van der Waals surface area (Å²) in [5.41, 5.74) is 0.120. The van der Waals surface area contributed by atoms with E-state index in [2.05, 4.69) is 10.5 Å². The first-order chi connectivity index (χ1) is 13.7. The highest BCUT2D eigenvalue weighted by Gasteiger charge is 2.30. The summed E-state index contributed by atoms with van der Waals surface area (Å²) in [5.74, 6) is -1.67. The van der Waals surface area contributed by atoms with Crippen molar-refractivity contribution in [2.24, 2.45) is 0 Å². The highest BCUT2D eigenvalue weighted by Crippen LogP contribution is 2.31. The van der Waals surface area contributed by atoms with Crippen LogP contribution in [0.5, 0.6) is 0 Å². The molecular formula is C20H16F4N2O3. The minimum atomic E-state index is -4.41. The molecular weight excluding hydrogens is 392 g/mol. The fraction of sp³-hybridized carbons (Fsp3) is 0.200. The lowest BCUT2D eigenvalue weighted by molar-refractivity contribution is -0.137. The van der Waals surface area contributed by atoms with E-state index in [0.717, 1.165) is 12.1 Å². The molecule has 29 heavy (non-hydrogen) atoms. The molecule has 0 fully saturated rings. The normalized spacial score (nSPS) is 12.7. The van der Waals surface area contributed by atoms with Crippen LogP contribution in [0.1, 0.15) is 40.2 Å². The Morgan fingerprint density at radius 1 is 1.14 bits per heavy atom. The van der Waals surface area contributed by atoms with Crippen molar-refractivity contribution in [3.05, 3.63) is 76.8 Å². The Hall–Kier alpha value is -3.20. The number of carboxylic acid groups (broad SMARTS) is 1. The van der Waals surface area contributed by atoms with Crippen LogP contribution in [0, 0.1) is 5.82 Å². The Balaban J connectivity index is 1.78. The van der Waals surface area contributed by atoms with E-state index in [1.807, 2.05) is 0 Å². The van der Waals surface area contributed by atoms with Gasteiger partial charge in [0.2, 0.25) is 0 Å². The Kier molecular flexibility index (Phi) is 5.69. The highest BCUT2D eigenvalue weighted by molar-refractivity contribution is 5.95. The number of nitrogens with one attached hydrogen (secondary N) is 1. The van der Waals surface area contributed by atoms with Gasteiger partial charge in [0.15, 0.2) is 5.76 Å². The van der Waals surface area contributed by atoms with Crippen LogP contribution in [-0.2, 0) is 12.7 Å². The van der Waals surface area contributed by atoms with Crippen molar-refractivity contribution in [3.8, 4) is 11.3 Å². The Labute approximate surface area is 163 Å². The summed E-state index contributed by atoms with van der Waals surface area (Å²) in [7, 11) is 0. The lowest BCUT2D eigenvalue weighted by Gasteiger charge is -2.13. The molecule has 0 bridgehead atoms. The molecule has 2 N–H and O–H groups in total. The largest absolute Gasteiger partial charge is 0.477 e. The standard InChI is InChI=1S/C20H16F4N2O3/c1-11(25-10-12-2-6-14(7-3-12)20(22,23)24)18-16(19(27)28)17(26-29-18)13-4-8-15(21)9-5-13/h2-9,11,25H,10H2,1H3,(H,27,28). The van der Waals surface area contributed by atoms with Crippen LogP contribution in [0.15, 0.2) is 53.1 Å². The van der Waals surface area contributed by atoms with Crippen molar-refractivity contribution in [2.45, 2.75) is 25.7 Å². The zero-order valence-corrected chi connectivity index (χ0v) is 15.1. The van der Waals surface area contributed by atoms with E-state index in [9.17, 15) is 27.5 Å². The van der Waals surface area contributed by atoms with Crippen molar-refractivity contribution in [2.75, 3.05) is 0 Å². The first kappa shape index (κ1) is 20.5. The van der Waals surface area contributed by atoms with E-state index >= 15 is 0 Å². The number of alkyl halides is 3. The summed E-state index contributed by atoms with van der Waals surface area (Å²) in [6, 6.07) is 9.19. The third kappa shape index (κ3) is 4.62. The summed E-state index contributed by atoms with van der Waals surface area (Å²) in [6.07, 6.45) is -4.41. The van der Waals surface area contributed by atoms with Gasteiger partial charge in [-0.05, 0) is 48.9 Å². The molecule has 1 atom stereocenters. The Bertz CT molecular complexity index is 996. The van der Waals surface area contributed by atoms with Crippen LogP contribution in [0.25, 0.3) is 11.3 Å². The number of aromatic nitrogens is 1. The van der Waals surface area contributed by atoms with Gasteiger partial charge in [-0.1, -0.05) is 17.3 Å². The average Bonchev–Trinajstić information content (AvgIpc) is 3.12. The molecule has 1 aromatic heterocycles. The molecule has 0 radical (unpaired) electrons. The lowest BCUT2D eigenvalue weighted by atomic mass is 10.0. The molecule has 0 saturated heterocycles. The van der Waals surface area contributed by atoms with Crippen molar-refractivity contribution in [1.29, 1.82) is 0 Å². The van der Waals surface area contributed by atoms with Gasteiger partial charge in [-0.2, -0.15) is 13.2 Å². The van der Waals surface area contributed by atoms with Gasteiger partial charge in [0.25, 0.3) is 0 Å². The van der Waals surface area contributed by atoms with Gasteiger partial charge in [0, 0.05) is 12.1 Å². The number of carbonyl (C=O) groups is 1. The molecule has 3 aromatic rings. The second-order valence-electron chi connectivity index (χ2n) is 6.38. The average molecular weight is 408 g/mol. The van der Waals surface area contributed by atoms with Crippen molar-refractivity contribution in [1.82, 2.24) is 10.5 Å². The fourth-order valence-corrected chi connectivity index (χ4v) is 2.79. The maximum atomic E-state index is 13.1.